The molecule has 0 saturated heterocycles. The molecule has 92 valence electrons. The normalized spacial score (nSPS) is 13.0. The van der Waals surface area contributed by atoms with E-state index in [4.69, 9.17) is 4.74 Å². The summed E-state index contributed by atoms with van der Waals surface area (Å²) < 4.78 is 12.9. The third kappa shape index (κ3) is 5.96. The lowest BCUT2D eigenvalue weighted by Gasteiger charge is -2.13. The van der Waals surface area contributed by atoms with Gasteiger partial charge in [0.05, 0.1) is 11.7 Å². The van der Waals surface area contributed by atoms with Crippen LogP contribution in [0.2, 0.25) is 0 Å². The van der Waals surface area contributed by atoms with Gasteiger partial charge in [0, 0.05) is 19.6 Å². The molecule has 0 aliphatic rings. The van der Waals surface area contributed by atoms with Gasteiger partial charge < -0.3 is 20.1 Å². The first-order valence-electron chi connectivity index (χ1n) is 5.12. The van der Waals surface area contributed by atoms with E-state index in [9.17, 15) is 5.11 Å². The molecule has 1 atom stereocenters. The molecule has 0 saturated carbocycles. The van der Waals surface area contributed by atoms with Crippen LogP contribution in [0.5, 0.6) is 5.88 Å². The number of nitrogens with one attached hydrogen (secondary N) is 1. The Morgan fingerprint density at radius 2 is 2.44 bits per heavy atom. The molecule has 7 heteroatoms. The molecule has 0 fully saturated rings. The van der Waals surface area contributed by atoms with Gasteiger partial charge in [-0.25, -0.2) is 0 Å². The van der Waals surface area contributed by atoms with Gasteiger partial charge in [-0.2, -0.15) is 4.37 Å². The molecule has 0 bridgehead atoms. The molecule has 1 aromatic rings. The largest absolute Gasteiger partial charge is 0.473 e. The summed E-state index contributed by atoms with van der Waals surface area (Å²) in [7, 11) is 4.02. The van der Waals surface area contributed by atoms with E-state index in [2.05, 4.69) is 19.0 Å². The quantitative estimate of drug-likeness (QED) is 0.599. The Morgan fingerprint density at radius 1 is 1.62 bits per heavy atom. The Kier molecular flexibility index (Phi) is 6.24. The van der Waals surface area contributed by atoms with E-state index in [1.54, 1.807) is 0 Å². The van der Waals surface area contributed by atoms with Crippen molar-refractivity contribution in [1.29, 1.82) is 0 Å². The van der Waals surface area contributed by atoms with Crippen molar-refractivity contribution in [3.05, 3.63) is 6.20 Å². The number of aromatic nitrogens is 2. The SMILES string of the molecule is CN(C)CCNCC(O)COc1cnsn1. The van der Waals surface area contributed by atoms with E-state index in [-0.39, 0.29) is 6.61 Å². The van der Waals surface area contributed by atoms with E-state index < -0.39 is 6.10 Å². The van der Waals surface area contributed by atoms with Crippen LogP contribution in [-0.2, 0) is 0 Å². The third-order valence-corrected chi connectivity index (χ3v) is 2.34. The summed E-state index contributed by atoms with van der Waals surface area (Å²) in [5.74, 6) is 0.470. The van der Waals surface area contributed by atoms with Crippen LogP contribution in [-0.4, -0.2) is 65.2 Å². The van der Waals surface area contributed by atoms with Gasteiger partial charge in [0.25, 0.3) is 0 Å². The number of aliphatic hydroxyl groups excluding tert-OH is 1. The Labute approximate surface area is 99.6 Å². The standard InChI is InChI=1S/C9H18N4O2S/c1-13(2)4-3-10-5-8(14)7-15-9-6-11-16-12-9/h6,8,10,14H,3-5,7H2,1-2H3. The van der Waals surface area contributed by atoms with Gasteiger partial charge in [-0.3, -0.25) is 0 Å². The Bertz CT molecular complexity index is 268. The molecular weight excluding hydrogens is 228 g/mol. The minimum absolute atomic E-state index is 0.236. The highest BCUT2D eigenvalue weighted by molar-refractivity contribution is 6.99. The van der Waals surface area contributed by atoms with Crippen LogP contribution in [0.3, 0.4) is 0 Å². The second-order valence-electron chi connectivity index (χ2n) is 3.72. The van der Waals surface area contributed by atoms with Crippen LogP contribution in [0.15, 0.2) is 6.20 Å². The van der Waals surface area contributed by atoms with Crippen molar-refractivity contribution in [1.82, 2.24) is 19.0 Å². The number of aliphatic hydroxyl groups is 1. The fraction of sp³-hybridized carbons (Fsp3) is 0.778. The van der Waals surface area contributed by atoms with Crippen molar-refractivity contribution >= 4 is 11.7 Å². The summed E-state index contributed by atoms with van der Waals surface area (Å²) in [5, 5.41) is 12.7. The van der Waals surface area contributed by atoms with Crippen molar-refractivity contribution in [2.24, 2.45) is 0 Å². The number of ether oxygens (including phenoxy) is 1. The van der Waals surface area contributed by atoms with Crippen LogP contribution in [0.25, 0.3) is 0 Å². The van der Waals surface area contributed by atoms with E-state index in [0.717, 1.165) is 24.8 Å². The highest BCUT2D eigenvalue weighted by Gasteiger charge is 2.05. The molecule has 0 radical (unpaired) electrons. The lowest BCUT2D eigenvalue weighted by Crippen LogP contribution is -2.35. The van der Waals surface area contributed by atoms with Crippen molar-refractivity contribution in [2.45, 2.75) is 6.10 Å². The molecule has 0 aromatic carbocycles. The number of rotatable bonds is 8. The molecule has 0 amide bonds. The predicted octanol–water partition coefficient (Wildman–Crippen LogP) is -0.571. The summed E-state index contributed by atoms with van der Waals surface area (Å²) >= 11 is 1.09. The molecule has 2 N–H and O–H groups in total. The van der Waals surface area contributed by atoms with Crippen LogP contribution < -0.4 is 10.1 Å². The maximum atomic E-state index is 9.57. The van der Waals surface area contributed by atoms with Crippen molar-refractivity contribution < 1.29 is 9.84 Å². The molecule has 6 nitrogen and oxygen atoms in total. The molecule has 1 unspecified atom stereocenters. The van der Waals surface area contributed by atoms with Gasteiger partial charge in [-0.1, -0.05) is 0 Å². The zero-order valence-corrected chi connectivity index (χ0v) is 10.4. The van der Waals surface area contributed by atoms with Crippen LogP contribution in [0, 0.1) is 0 Å². The van der Waals surface area contributed by atoms with Gasteiger partial charge in [0.2, 0.25) is 5.88 Å². The lowest BCUT2D eigenvalue weighted by atomic mass is 10.4. The second-order valence-corrected chi connectivity index (χ2v) is 4.27. The van der Waals surface area contributed by atoms with Crippen molar-refractivity contribution in [3.8, 4) is 5.88 Å². The lowest BCUT2D eigenvalue weighted by molar-refractivity contribution is 0.104. The first kappa shape index (κ1) is 13.3. The van der Waals surface area contributed by atoms with E-state index in [0.29, 0.717) is 12.4 Å². The van der Waals surface area contributed by atoms with Gasteiger partial charge in [0.1, 0.15) is 18.9 Å². The molecule has 0 spiro atoms. The zero-order valence-electron chi connectivity index (χ0n) is 9.59. The van der Waals surface area contributed by atoms with Crippen LogP contribution >= 0.6 is 11.7 Å². The summed E-state index contributed by atoms with van der Waals surface area (Å²) in [4.78, 5) is 2.08. The molecule has 1 rings (SSSR count). The average Bonchev–Trinajstić information content (AvgIpc) is 2.74. The first-order valence-corrected chi connectivity index (χ1v) is 5.85. The Balaban J connectivity index is 2.00. The maximum Gasteiger partial charge on any atom is 0.245 e. The number of hydrogen-bond acceptors (Lipinski definition) is 7. The van der Waals surface area contributed by atoms with Gasteiger partial charge in [-0.05, 0) is 14.1 Å². The Morgan fingerprint density at radius 3 is 3.06 bits per heavy atom. The molecule has 0 aliphatic carbocycles. The van der Waals surface area contributed by atoms with Crippen molar-refractivity contribution in [2.75, 3.05) is 40.3 Å². The molecular formula is C9H18N4O2S. The van der Waals surface area contributed by atoms with Gasteiger partial charge in [0.15, 0.2) is 0 Å². The number of nitrogens with zero attached hydrogens (tertiary/aromatic N) is 3. The molecule has 1 aromatic heterocycles. The maximum absolute atomic E-state index is 9.57. The van der Waals surface area contributed by atoms with Crippen LogP contribution in [0.1, 0.15) is 0 Å². The predicted molar refractivity (Wildman–Crippen MR) is 62.8 cm³/mol. The summed E-state index contributed by atoms with van der Waals surface area (Å²) in [6.07, 6.45) is 1.01. The molecule has 0 aliphatic heterocycles. The summed E-state index contributed by atoms with van der Waals surface area (Å²) in [5.41, 5.74) is 0. The average molecular weight is 246 g/mol. The first-order chi connectivity index (χ1) is 7.68. The smallest absolute Gasteiger partial charge is 0.245 e. The minimum Gasteiger partial charge on any atom is -0.473 e. The fourth-order valence-electron chi connectivity index (χ4n) is 1.03. The topological polar surface area (TPSA) is 70.5 Å². The minimum atomic E-state index is -0.524. The summed E-state index contributed by atoms with van der Waals surface area (Å²) in [6, 6.07) is 0. The van der Waals surface area contributed by atoms with Crippen molar-refractivity contribution in [3.63, 3.8) is 0 Å². The van der Waals surface area contributed by atoms with Gasteiger partial charge >= 0.3 is 0 Å². The number of hydrogen-bond donors (Lipinski definition) is 2. The van der Waals surface area contributed by atoms with E-state index in [1.165, 1.54) is 6.20 Å². The summed E-state index contributed by atoms with van der Waals surface area (Å²) in [6.45, 7) is 2.55. The number of likely N-dealkylation sites (N-methyl/N-ethyl adjacent to an activating group) is 1. The second kappa shape index (κ2) is 7.50. The monoisotopic (exact) mass is 246 g/mol. The van der Waals surface area contributed by atoms with E-state index in [1.807, 2.05) is 14.1 Å². The molecule has 1 heterocycles. The molecule has 16 heavy (non-hydrogen) atoms. The highest BCUT2D eigenvalue weighted by Crippen LogP contribution is 2.04. The Hall–Kier alpha value is -0.760. The van der Waals surface area contributed by atoms with Crippen LogP contribution in [0.4, 0.5) is 0 Å². The van der Waals surface area contributed by atoms with Gasteiger partial charge in [-0.15, -0.1) is 4.37 Å². The highest BCUT2D eigenvalue weighted by atomic mass is 32.1. The third-order valence-electron chi connectivity index (χ3n) is 1.88. The zero-order chi connectivity index (χ0) is 11.8. The fourth-order valence-corrected chi connectivity index (χ4v) is 1.40. The van der Waals surface area contributed by atoms with E-state index >= 15 is 0 Å².